The zero-order valence-corrected chi connectivity index (χ0v) is 11.0. The van der Waals surface area contributed by atoms with E-state index in [1.807, 2.05) is 10.9 Å². The van der Waals surface area contributed by atoms with Gasteiger partial charge in [0.15, 0.2) is 11.5 Å². The molecule has 1 aromatic carbocycles. The van der Waals surface area contributed by atoms with Gasteiger partial charge >= 0.3 is 12.1 Å². The van der Waals surface area contributed by atoms with Gasteiger partial charge < -0.3 is 21.3 Å². The Labute approximate surface area is 119 Å². The Balaban J connectivity index is 3.06. The molecular weight excluding hydrogens is 280 g/mol. The van der Waals surface area contributed by atoms with Crippen LogP contribution < -0.4 is 27.1 Å². The Hall–Kier alpha value is -3.30. The van der Waals surface area contributed by atoms with Crippen LogP contribution in [0.15, 0.2) is 22.3 Å². The molecular formula is C11H14N6O4. The van der Waals surface area contributed by atoms with Crippen LogP contribution in [0.5, 0.6) is 11.5 Å². The van der Waals surface area contributed by atoms with Crippen LogP contribution in [0.3, 0.4) is 0 Å². The molecule has 0 heterocycles. The van der Waals surface area contributed by atoms with Crippen molar-refractivity contribution < 1.29 is 19.4 Å². The topological polar surface area (TPSA) is 164 Å². The molecule has 0 aromatic heterocycles. The maximum absolute atomic E-state index is 10.5. The van der Waals surface area contributed by atoms with Crippen molar-refractivity contribution in [1.82, 2.24) is 10.9 Å². The molecule has 4 amide bonds. The molecule has 0 saturated heterocycles. The highest BCUT2D eigenvalue weighted by molar-refractivity contribution is 5.91. The minimum absolute atomic E-state index is 0.151. The molecule has 0 aliphatic rings. The largest absolute Gasteiger partial charge is 0.504 e. The van der Waals surface area contributed by atoms with Crippen molar-refractivity contribution in [2.24, 2.45) is 21.7 Å². The number of nitrogens with one attached hydrogen (secondary N) is 2. The summed E-state index contributed by atoms with van der Waals surface area (Å²) in [4.78, 5) is 21.0. The molecule has 0 radical (unpaired) electrons. The Bertz CT molecular complexity index is 599. The van der Waals surface area contributed by atoms with Crippen molar-refractivity contribution in [2.75, 3.05) is 7.11 Å². The Morgan fingerprint density at radius 1 is 1.19 bits per heavy atom. The quantitative estimate of drug-likeness (QED) is 0.362. The number of rotatable bonds is 5. The van der Waals surface area contributed by atoms with Crippen LogP contribution in [0.1, 0.15) is 11.1 Å². The van der Waals surface area contributed by atoms with E-state index >= 15 is 0 Å². The summed E-state index contributed by atoms with van der Waals surface area (Å²) < 4.78 is 4.98. The number of phenols is 1. The number of nitrogens with two attached hydrogens (primary N) is 2. The van der Waals surface area contributed by atoms with Crippen LogP contribution in [0, 0.1) is 0 Å². The number of carbonyl (C=O) groups is 2. The van der Waals surface area contributed by atoms with E-state index in [4.69, 9.17) is 16.2 Å². The zero-order valence-electron chi connectivity index (χ0n) is 11.0. The van der Waals surface area contributed by atoms with E-state index in [1.54, 1.807) is 0 Å². The van der Waals surface area contributed by atoms with Crippen LogP contribution >= 0.6 is 0 Å². The third kappa shape index (κ3) is 5.06. The second kappa shape index (κ2) is 7.33. The molecule has 10 nitrogen and oxygen atoms in total. The number of nitrogens with zero attached hydrogens (tertiary/aromatic N) is 2. The van der Waals surface area contributed by atoms with E-state index in [2.05, 4.69) is 10.2 Å². The fourth-order valence-corrected chi connectivity index (χ4v) is 1.32. The molecule has 0 aliphatic carbocycles. The van der Waals surface area contributed by atoms with Gasteiger partial charge in [-0.3, -0.25) is 0 Å². The number of hydrazone groups is 2. The summed E-state index contributed by atoms with van der Waals surface area (Å²) in [5.41, 5.74) is 14.4. The number of methoxy groups -OCH3 is 1. The molecule has 10 heteroatoms. The van der Waals surface area contributed by atoms with Crippen molar-refractivity contribution in [3.63, 3.8) is 0 Å². The molecule has 7 N–H and O–H groups in total. The number of benzene rings is 1. The van der Waals surface area contributed by atoms with E-state index < -0.39 is 12.1 Å². The maximum atomic E-state index is 10.5. The number of carbonyl (C=O) groups excluding carboxylic acids is 2. The molecule has 112 valence electrons. The normalized spacial score (nSPS) is 10.7. The molecule has 0 aliphatic heterocycles. The lowest BCUT2D eigenvalue weighted by atomic mass is 10.1. The number of phenolic OH excluding ortho intramolecular Hbond substituents is 1. The third-order valence-electron chi connectivity index (χ3n) is 2.11. The number of hydrogen-bond acceptors (Lipinski definition) is 6. The van der Waals surface area contributed by atoms with Crippen molar-refractivity contribution in [3.8, 4) is 11.5 Å². The number of hydrogen-bond donors (Lipinski definition) is 5. The number of primary amides is 2. The van der Waals surface area contributed by atoms with Crippen LogP contribution in [0.4, 0.5) is 9.59 Å². The summed E-state index contributed by atoms with van der Waals surface area (Å²) in [5.74, 6) is -0.0360. The van der Waals surface area contributed by atoms with Gasteiger partial charge in [0, 0.05) is 5.56 Å². The summed E-state index contributed by atoms with van der Waals surface area (Å²) in [6.07, 6.45) is 2.45. The highest BCUT2D eigenvalue weighted by Gasteiger charge is 2.08. The number of ether oxygens (including phenoxy) is 1. The maximum Gasteiger partial charge on any atom is 0.332 e. The number of urea groups is 2. The smallest absolute Gasteiger partial charge is 0.332 e. The second-order valence-electron chi connectivity index (χ2n) is 3.63. The fourth-order valence-electron chi connectivity index (χ4n) is 1.32. The molecule has 0 spiro atoms. The van der Waals surface area contributed by atoms with E-state index in [-0.39, 0.29) is 17.1 Å². The predicted molar refractivity (Wildman–Crippen MR) is 75.3 cm³/mol. The lowest BCUT2D eigenvalue weighted by Gasteiger charge is -2.07. The molecule has 1 rings (SSSR count). The van der Waals surface area contributed by atoms with Crippen LogP contribution in [0.2, 0.25) is 0 Å². The summed E-state index contributed by atoms with van der Waals surface area (Å²) in [6.45, 7) is 0. The van der Waals surface area contributed by atoms with Gasteiger partial charge in [0.2, 0.25) is 0 Å². The van der Waals surface area contributed by atoms with Gasteiger partial charge in [0.05, 0.1) is 19.5 Å². The van der Waals surface area contributed by atoms with Gasteiger partial charge in [-0.15, -0.1) is 0 Å². The van der Waals surface area contributed by atoms with Crippen LogP contribution in [-0.2, 0) is 0 Å². The van der Waals surface area contributed by atoms with Gasteiger partial charge in [-0.2, -0.15) is 10.2 Å². The van der Waals surface area contributed by atoms with Crippen molar-refractivity contribution in [3.05, 3.63) is 23.3 Å². The summed E-state index contributed by atoms with van der Waals surface area (Å²) in [7, 11) is 1.36. The minimum atomic E-state index is -0.846. The molecule has 1 aromatic rings. The van der Waals surface area contributed by atoms with E-state index in [0.717, 1.165) is 0 Å². The number of aromatic hydroxyl groups is 1. The fraction of sp³-hybridized carbons (Fsp3) is 0.0909. The minimum Gasteiger partial charge on any atom is -0.504 e. The van der Waals surface area contributed by atoms with Crippen molar-refractivity contribution in [2.45, 2.75) is 0 Å². The standard InChI is InChI=1S/C11H14N6O4/c1-21-8-3-6(4-14-16-10(12)19)2-7(9(8)18)5-15-17-11(13)20/h2-5,18H,1H3,(H3,12,16,19)(H3,13,17,20). The van der Waals surface area contributed by atoms with Gasteiger partial charge in [0.25, 0.3) is 0 Å². The molecule has 0 unspecified atom stereocenters. The lowest BCUT2D eigenvalue weighted by molar-refractivity contribution is 0.248. The highest BCUT2D eigenvalue weighted by atomic mass is 16.5. The zero-order chi connectivity index (χ0) is 15.8. The summed E-state index contributed by atoms with van der Waals surface area (Å²) >= 11 is 0. The van der Waals surface area contributed by atoms with Crippen LogP contribution in [0.25, 0.3) is 0 Å². The lowest BCUT2D eigenvalue weighted by Crippen LogP contribution is -2.24. The first-order valence-corrected chi connectivity index (χ1v) is 5.52. The van der Waals surface area contributed by atoms with Gasteiger partial charge in [-0.05, 0) is 17.7 Å². The first-order chi connectivity index (χ1) is 9.93. The molecule has 21 heavy (non-hydrogen) atoms. The van der Waals surface area contributed by atoms with Gasteiger partial charge in [0.1, 0.15) is 0 Å². The van der Waals surface area contributed by atoms with Gasteiger partial charge in [-0.1, -0.05) is 0 Å². The summed E-state index contributed by atoms with van der Waals surface area (Å²) in [6, 6.07) is 1.29. The number of amides is 4. The van der Waals surface area contributed by atoms with E-state index in [9.17, 15) is 14.7 Å². The van der Waals surface area contributed by atoms with Gasteiger partial charge in [-0.25, -0.2) is 20.4 Å². The Morgan fingerprint density at radius 2 is 1.76 bits per heavy atom. The third-order valence-corrected chi connectivity index (χ3v) is 2.11. The van der Waals surface area contributed by atoms with Crippen LogP contribution in [-0.4, -0.2) is 36.7 Å². The summed E-state index contributed by atoms with van der Waals surface area (Å²) in [5, 5.41) is 17.0. The monoisotopic (exact) mass is 294 g/mol. The van der Waals surface area contributed by atoms with E-state index in [0.29, 0.717) is 5.56 Å². The first kappa shape index (κ1) is 15.8. The van der Waals surface area contributed by atoms with Crippen molar-refractivity contribution >= 4 is 24.5 Å². The molecule has 0 atom stereocenters. The second-order valence-corrected chi connectivity index (χ2v) is 3.63. The SMILES string of the molecule is COc1cc(C=NNC(N)=O)cc(C=NNC(N)=O)c1O. The molecule has 0 fully saturated rings. The average Bonchev–Trinajstić information content (AvgIpc) is 2.40. The molecule has 0 saturated carbocycles. The molecule has 0 bridgehead atoms. The average molecular weight is 294 g/mol. The Morgan fingerprint density at radius 3 is 2.29 bits per heavy atom. The van der Waals surface area contributed by atoms with Crippen molar-refractivity contribution in [1.29, 1.82) is 0 Å². The van der Waals surface area contributed by atoms with E-state index in [1.165, 1.54) is 31.7 Å². The first-order valence-electron chi connectivity index (χ1n) is 5.52. The highest BCUT2D eigenvalue weighted by Crippen LogP contribution is 2.29. The predicted octanol–water partition coefficient (Wildman–Crippen LogP) is -0.595. The Kier molecular flexibility index (Phi) is 5.50.